The maximum absolute atomic E-state index is 3.94. The van der Waals surface area contributed by atoms with Gasteiger partial charge in [-0.3, -0.25) is 4.90 Å². The molecule has 2 nitrogen and oxygen atoms in total. The fraction of sp³-hybridized carbons (Fsp3) is 1.00. The molecule has 3 aliphatic rings. The lowest BCUT2D eigenvalue weighted by atomic mass is 9.73. The Morgan fingerprint density at radius 1 is 1.10 bits per heavy atom. The first-order valence-corrected chi connectivity index (χ1v) is 9.04. The third-order valence-corrected chi connectivity index (χ3v) is 6.35. The van der Waals surface area contributed by atoms with Crippen LogP contribution in [-0.2, 0) is 0 Å². The van der Waals surface area contributed by atoms with Gasteiger partial charge in [0.25, 0.3) is 0 Å². The highest BCUT2D eigenvalue weighted by atomic mass is 15.3. The summed E-state index contributed by atoms with van der Waals surface area (Å²) in [5.41, 5.74) is 1.04. The molecule has 2 unspecified atom stereocenters. The molecular weight excluding hydrogens is 244 g/mol. The van der Waals surface area contributed by atoms with Crippen LogP contribution in [0.5, 0.6) is 0 Å². The lowest BCUT2D eigenvalue weighted by molar-refractivity contribution is 0.00475. The molecule has 0 aromatic carbocycles. The summed E-state index contributed by atoms with van der Waals surface area (Å²) in [5, 5.41) is 3.94. The summed E-state index contributed by atoms with van der Waals surface area (Å²) >= 11 is 0. The Balaban J connectivity index is 1.73. The second-order valence-electron chi connectivity index (χ2n) is 8.52. The lowest BCUT2D eigenvalue weighted by Gasteiger charge is -2.52. The highest BCUT2D eigenvalue weighted by Gasteiger charge is 2.44. The third-order valence-electron chi connectivity index (χ3n) is 6.35. The molecule has 20 heavy (non-hydrogen) atoms. The molecule has 0 aromatic heterocycles. The van der Waals surface area contributed by atoms with Gasteiger partial charge in [-0.05, 0) is 43.9 Å². The zero-order chi connectivity index (χ0) is 14.2. The van der Waals surface area contributed by atoms with Gasteiger partial charge in [-0.15, -0.1) is 0 Å². The largest absolute Gasteiger partial charge is 0.308 e. The molecule has 3 fully saturated rings. The van der Waals surface area contributed by atoms with Crippen LogP contribution in [0.3, 0.4) is 0 Å². The second kappa shape index (κ2) is 5.61. The zero-order valence-electron chi connectivity index (χ0n) is 13.9. The predicted molar refractivity (Wildman–Crippen MR) is 86.0 cm³/mol. The van der Waals surface area contributed by atoms with Gasteiger partial charge in [0.15, 0.2) is 0 Å². The Kier molecular flexibility index (Phi) is 4.16. The molecule has 116 valence electrons. The summed E-state index contributed by atoms with van der Waals surface area (Å²) < 4.78 is 0. The van der Waals surface area contributed by atoms with Crippen LogP contribution in [0, 0.1) is 5.41 Å². The molecule has 1 N–H and O–H groups in total. The van der Waals surface area contributed by atoms with E-state index in [0.717, 1.165) is 12.1 Å². The molecule has 0 amide bonds. The lowest BCUT2D eigenvalue weighted by Crippen LogP contribution is -2.65. The minimum atomic E-state index is 0.479. The van der Waals surface area contributed by atoms with Crippen molar-refractivity contribution in [3.05, 3.63) is 0 Å². The van der Waals surface area contributed by atoms with Crippen LogP contribution in [0.4, 0.5) is 0 Å². The van der Waals surface area contributed by atoms with Crippen LogP contribution in [0.15, 0.2) is 0 Å². The van der Waals surface area contributed by atoms with Crippen LogP contribution in [0.25, 0.3) is 0 Å². The van der Waals surface area contributed by atoms with Gasteiger partial charge in [-0.2, -0.15) is 0 Å². The van der Waals surface area contributed by atoms with E-state index in [4.69, 9.17) is 0 Å². The molecule has 0 bridgehead atoms. The van der Waals surface area contributed by atoms with Crippen molar-refractivity contribution in [1.82, 2.24) is 10.2 Å². The minimum absolute atomic E-state index is 0.479. The number of hydrogen-bond acceptors (Lipinski definition) is 2. The zero-order valence-corrected chi connectivity index (χ0v) is 13.9. The van der Waals surface area contributed by atoms with Crippen molar-refractivity contribution in [3.8, 4) is 0 Å². The van der Waals surface area contributed by atoms with Crippen molar-refractivity contribution < 1.29 is 0 Å². The van der Waals surface area contributed by atoms with Gasteiger partial charge in [0.1, 0.15) is 0 Å². The van der Waals surface area contributed by atoms with E-state index in [9.17, 15) is 0 Å². The van der Waals surface area contributed by atoms with E-state index in [-0.39, 0.29) is 0 Å². The second-order valence-corrected chi connectivity index (χ2v) is 8.52. The molecule has 0 radical (unpaired) electrons. The maximum atomic E-state index is 3.94. The number of hydrogen-bond donors (Lipinski definition) is 1. The van der Waals surface area contributed by atoms with E-state index < -0.39 is 0 Å². The van der Waals surface area contributed by atoms with Crippen LogP contribution in [0.2, 0.25) is 0 Å². The molecule has 0 aromatic rings. The van der Waals surface area contributed by atoms with Crippen LogP contribution in [-0.4, -0.2) is 35.6 Å². The van der Waals surface area contributed by atoms with E-state index in [1.54, 1.807) is 0 Å². The molecular formula is C18H34N2. The van der Waals surface area contributed by atoms with Gasteiger partial charge in [-0.1, -0.05) is 40.0 Å². The summed E-state index contributed by atoms with van der Waals surface area (Å²) in [5.74, 6) is 0. The highest BCUT2D eigenvalue weighted by molar-refractivity contribution is 5.03. The normalized spacial score (nSPS) is 37.4. The van der Waals surface area contributed by atoms with Gasteiger partial charge >= 0.3 is 0 Å². The quantitative estimate of drug-likeness (QED) is 0.822. The molecule has 2 atom stereocenters. The number of rotatable bonds is 2. The van der Waals surface area contributed by atoms with Gasteiger partial charge in [-0.25, -0.2) is 0 Å². The van der Waals surface area contributed by atoms with Gasteiger partial charge < -0.3 is 5.32 Å². The predicted octanol–water partition coefficient (Wildman–Crippen LogP) is 3.95. The molecule has 1 aliphatic heterocycles. The molecule has 3 rings (SSSR count). The standard InChI is InChI=1S/C18H34N2/c1-4-15-13-19-18(10-5-6-11-18)14-20(15)16-8-7-9-17(2,3)12-16/h15-16,19H,4-14H2,1-3H3. The van der Waals surface area contributed by atoms with Crippen molar-refractivity contribution in [2.75, 3.05) is 13.1 Å². The smallest absolute Gasteiger partial charge is 0.0309 e. The molecule has 1 heterocycles. The molecule has 2 saturated carbocycles. The van der Waals surface area contributed by atoms with E-state index in [1.165, 1.54) is 70.9 Å². The first kappa shape index (κ1) is 14.8. The summed E-state index contributed by atoms with van der Waals surface area (Å²) in [6.07, 6.45) is 12.7. The number of piperazine rings is 1. The van der Waals surface area contributed by atoms with Gasteiger partial charge in [0, 0.05) is 30.7 Å². The first-order chi connectivity index (χ1) is 9.54. The van der Waals surface area contributed by atoms with Crippen molar-refractivity contribution in [1.29, 1.82) is 0 Å². The van der Waals surface area contributed by atoms with Crippen LogP contribution >= 0.6 is 0 Å². The average Bonchev–Trinajstić information content (AvgIpc) is 2.86. The Morgan fingerprint density at radius 3 is 2.50 bits per heavy atom. The van der Waals surface area contributed by atoms with Crippen LogP contribution < -0.4 is 5.32 Å². The topological polar surface area (TPSA) is 15.3 Å². The molecule has 1 saturated heterocycles. The third kappa shape index (κ3) is 2.92. The molecule has 2 aliphatic carbocycles. The maximum Gasteiger partial charge on any atom is 0.0309 e. The van der Waals surface area contributed by atoms with Gasteiger partial charge in [0.2, 0.25) is 0 Å². The number of nitrogens with zero attached hydrogens (tertiary/aromatic N) is 1. The summed E-state index contributed by atoms with van der Waals surface area (Å²) in [6, 6.07) is 1.63. The fourth-order valence-corrected chi connectivity index (χ4v) is 5.12. The van der Waals surface area contributed by atoms with Crippen molar-refractivity contribution in [2.24, 2.45) is 5.41 Å². The summed E-state index contributed by atoms with van der Waals surface area (Å²) in [4.78, 5) is 2.93. The highest BCUT2D eigenvalue weighted by Crippen LogP contribution is 2.41. The Bertz CT molecular complexity index is 330. The monoisotopic (exact) mass is 278 g/mol. The minimum Gasteiger partial charge on any atom is -0.308 e. The van der Waals surface area contributed by atoms with E-state index in [1.807, 2.05) is 0 Å². The van der Waals surface area contributed by atoms with E-state index in [2.05, 4.69) is 31.0 Å². The summed E-state index contributed by atoms with van der Waals surface area (Å²) in [7, 11) is 0. The first-order valence-electron chi connectivity index (χ1n) is 9.04. The van der Waals surface area contributed by atoms with E-state index >= 15 is 0 Å². The van der Waals surface area contributed by atoms with Gasteiger partial charge in [0.05, 0.1) is 0 Å². The Hall–Kier alpha value is -0.0800. The van der Waals surface area contributed by atoms with Crippen molar-refractivity contribution >= 4 is 0 Å². The Morgan fingerprint density at radius 2 is 1.85 bits per heavy atom. The molecule has 1 spiro atoms. The summed E-state index contributed by atoms with van der Waals surface area (Å²) in [6.45, 7) is 9.89. The average molecular weight is 278 g/mol. The molecule has 2 heteroatoms. The SMILES string of the molecule is CCC1CNC2(CCCC2)CN1C1CCCC(C)(C)C1. The fourth-order valence-electron chi connectivity index (χ4n) is 5.12. The van der Waals surface area contributed by atoms with Crippen LogP contribution in [0.1, 0.15) is 78.6 Å². The number of nitrogens with one attached hydrogen (secondary N) is 1. The van der Waals surface area contributed by atoms with E-state index in [0.29, 0.717) is 11.0 Å². The Labute approximate surface area is 125 Å². The van der Waals surface area contributed by atoms with Crippen molar-refractivity contribution in [3.63, 3.8) is 0 Å². The van der Waals surface area contributed by atoms with Crippen molar-refractivity contribution in [2.45, 2.75) is 96.2 Å².